The van der Waals surface area contributed by atoms with Crippen LogP contribution in [0.2, 0.25) is 0 Å². The van der Waals surface area contributed by atoms with Gasteiger partial charge >= 0.3 is 0 Å². The zero-order chi connectivity index (χ0) is 23.5. The summed E-state index contributed by atoms with van der Waals surface area (Å²) in [5.41, 5.74) is 0.0417. The number of hydrogen-bond donors (Lipinski definition) is 2. The van der Waals surface area contributed by atoms with E-state index in [0.29, 0.717) is 6.29 Å². The Bertz CT molecular complexity index is 284. The number of carbonyl (C=O) groups excluding carboxylic acids is 3. The van der Waals surface area contributed by atoms with Crippen LogP contribution in [-0.2, 0) is 19.1 Å². The van der Waals surface area contributed by atoms with E-state index in [9.17, 15) is 14.4 Å². The third-order valence-electron chi connectivity index (χ3n) is 1.49. The first kappa shape index (κ1) is 40.3. The lowest BCUT2D eigenvalue weighted by atomic mass is 10.2. The molecule has 0 fully saturated rings. The van der Waals surface area contributed by atoms with Crippen molar-refractivity contribution in [3.63, 3.8) is 0 Å². The number of nitrogens with one attached hydrogen (secondary N) is 2. The Hall–Kier alpha value is -1.43. The van der Waals surface area contributed by atoms with E-state index >= 15 is 0 Å². The number of rotatable bonds is 4. The van der Waals surface area contributed by atoms with E-state index in [4.69, 9.17) is 4.74 Å². The lowest BCUT2D eigenvalue weighted by Crippen LogP contribution is -2.36. The molecule has 6 nitrogen and oxygen atoms in total. The van der Waals surface area contributed by atoms with Gasteiger partial charge in [0.15, 0.2) is 0 Å². The summed E-state index contributed by atoms with van der Waals surface area (Å²) in [6, 6.07) is 0. The van der Waals surface area contributed by atoms with E-state index in [1.54, 1.807) is 7.11 Å². The third kappa shape index (κ3) is 112. The zero-order valence-electron chi connectivity index (χ0n) is 20.7. The second-order valence-corrected chi connectivity index (χ2v) is 5.93. The molecule has 0 aromatic rings. The molecule has 0 unspecified atom stereocenters. The smallest absolute Gasteiger partial charge is 0.239 e. The van der Waals surface area contributed by atoms with E-state index in [2.05, 4.69) is 31.4 Å². The minimum Gasteiger partial charge on any atom is -0.379 e. The summed E-state index contributed by atoms with van der Waals surface area (Å²) in [5.74, 6) is 0.193. The molecule has 0 aliphatic rings. The Morgan fingerprint density at radius 2 is 1.22 bits per heavy atom. The highest BCUT2D eigenvalue weighted by atomic mass is 16.5. The molecule has 0 heterocycles. The van der Waals surface area contributed by atoms with Gasteiger partial charge in [0.05, 0.1) is 18.7 Å². The highest BCUT2D eigenvalue weighted by Crippen LogP contribution is 2.02. The Labute approximate surface area is 170 Å². The van der Waals surface area contributed by atoms with Crippen LogP contribution in [0.25, 0.3) is 0 Å². The third-order valence-corrected chi connectivity index (χ3v) is 1.49. The first-order valence-corrected chi connectivity index (χ1v) is 9.96. The normalized spacial score (nSPS) is 8.11. The van der Waals surface area contributed by atoms with Crippen molar-refractivity contribution in [1.29, 1.82) is 0 Å². The minimum absolute atomic E-state index is 0.0155. The SMILES string of the molecule is CC.CC.CC.CC(=O)NCC(=O)NCC=O.CC(C)C.COC(C)(C)C. The number of aldehydes is 1. The minimum atomic E-state index is -0.368. The van der Waals surface area contributed by atoms with E-state index < -0.39 is 0 Å². The Morgan fingerprint density at radius 3 is 1.41 bits per heavy atom. The van der Waals surface area contributed by atoms with E-state index in [0.717, 1.165) is 5.92 Å². The van der Waals surface area contributed by atoms with Crippen LogP contribution in [0.1, 0.15) is 90.0 Å². The van der Waals surface area contributed by atoms with Gasteiger partial charge in [-0.15, -0.1) is 0 Å². The van der Waals surface area contributed by atoms with Gasteiger partial charge < -0.3 is 20.2 Å². The average Bonchev–Trinajstić information content (AvgIpc) is 2.62. The molecule has 0 aromatic carbocycles. The summed E-state index contributed by atoms with van der Waals surface area (Å²) >= 11 is 0. The van der Waals surface area contributed by atoms with Crippen molar-refractivity contribution in [3.8, 4) is 0 Å². The second-order valence-electron chi connectivity index (χ2n) is 5.93. The first-order valence-electron chi connectivity index (χ1n) is 9.96. The number of carbonyl (C=O) groups is 3. The number of methoxy groups -OCH3 is 1. The number of amides is 2. The van der Waals surface area contributed by atoms with Gasteiger partial charge in [0, 0.05) is 14.0 Å². The lowest BCUT2D eigenvalue weighted by Gasteiger charge is -2.14. The van der Waals surface area contributed by atoms with Crippen molar-refractivity contribution in [1.82, 2.24) is 10.6 Å². The Balaban J connectivity index is -0.0000000585. The van der Waals surface area contributed by atoms with Crippen LogP contribution in [0.3, 0.4) is 0 Å². The zero-order valence-corrected chi connectivity index (χ0v) is 20.7. The average molecular weight is 395 g/mol. The van der Waals surface area contributed by atoms with Gasteiger partial charge in [-0.25, -0.2) is 0 Å². The molecule has 6 heteroatoms. The van der Waals surface area contributed by atoms with Crippen molar-refractivity contribution in [2.45, 2.75) is 95.6 Å². The fraction of sp³-hybridized carbons (Fsp3) is 0.857. The molecule has 0 aliphatic heterocycles. The van der Waals surface area contributed by atoms with Crippen molar-refractivity contribution in [3.05, 3.63) is 0 Å². The fourth-order valence-corrected chi connectivity index (χ4v) is 0.423. The van der Waals surface area contributed by atoms with Gasteiger partial charge in [-0.3, -0.25) is 9.59 Å². The van der Waals surface area contributed by atoms with Gasteiger partial charge in [0.2, 0.25) is 11.8 Å². The predicted molar refractivity (Wildman–Crippen MR) is 119 cm³/mol. The highest BCUT2D eigenvalue weighted by Gasteiger charge is 2.04. The van der Waals surface area contributed by atoms with Crippen molar-refractivity contribution < 1.29 is 19.1 Å². The molecule has 0 atom stereocenters. The van der Waals surface area contributed by atoms with Gasteiger partial charge in [-0.2, -0.15) is 0 Å². The summed E-state index contributed by atoms with van der Waals surface area (Å²) in [6.45, 7) is 25.8. The first-order chi connectivity index (χ1) is 12.5. The van der Waals surface area contributed by atoms with E-state index in [1.165, 1.54) is 6.92 Å². The predicted octanol–water partition coefficient (Wildman–Crippen LogP) is 4.61. The molecule has 0 bridgehead atoms. The molecule has 2 amide bonds. The quantitative estimate of drug-likeness (QED) is 0.682. The van der Waals surface area contributed by atoms with Crippen molar-refractivity contribution in [2.75, 3.05) is 20.2 Å². The molecule has 0 saturated heterocycles. The van der Waals surface area contributed by atoms with Gasteiger partial charge in [0.25, 0.3) is 0 Å². The standard InChI is InChI=1S/C6H10N2O3.C5H12O.C4H10.3C2H6/c1-5(10)8-4-6(11)7-2-3-9;1-5(2,3)6-4;1-4(2)3;3*1-2/h3H,2,4H2,1H3,(H,7,11)(H,8,10);1-4H3;4H,1-3H3;3*1-2H3. The Morgan fingerprint density at radius 1 is 0.926 bits per heavy atom. The summed E-state index contributed by atoms with van der Waals surface area (Å²) in [5, 5.41) is 4.55. The molecule has 0 saturated carbocycles. The molecule has 168 valence electrons. The lowest BCUT2D eigenvalue weighted by molar-refractivity contribution is -0.125. The molecular formula is C21H50N2O4. The molecule has 0 rings (SSSR count). The molecule has 0 aliphatic carbocycles. The maximum atomic E-state index is 10.6. The number of hydrogen-bond acceptors (Lipinski definition) is 4. The monoisotopic (exact) mass is 394 g/mol. The van der Waals surface area contributed by atoms with E-state index in [1.807, 2.05) is 62.3 Å². The molecule has 27 heavy (non-hydrogen) atoms. The van der Waals surface area contributed by atoms with Crippen LogP contribution >= 0.6 is 0 Å². The summed E-state index contributed by atoms with van der Waals surface area (Å²) in [6.07, 6.45) is 0.575. The fourth-order valence-electron chi connectivity index (χ4n) is 0.423. The number of ether oxygens (including phenoxy) is 1. The van der Waals surface area contributed by atoms with E-state index in [-0.39, 0.29) is 30.5 Å². The van der Waals surface area contributed by atoms with Gasteiger partial charge in [-0.05, 0) is 26.7 Å². The topological polar surface area (TPSA) is 84.5 Å². The van der Waals surface area contributed by atoms with Gasteiger partial charge in [0.1, 0.15) is 6.29 Å². The molecule has 2 N–H and O–H groups in total. The molecule has 0 spiro atoms. The van der Waals surface area contributed by atoms with Crippen LogP contribution in [0.15, 0.2) is 0 Å². The van der Waals surface area contributed by atoms with Crippen LogP contribution in [-0.4, -0.2) is 43.9 Å². The van der Waals surface area contributed by atoms with Crippen molar-refractivity contribution >= 4 is 18.1 Å². The molecule has 0 aromatic heterocycles. The molecular weight excluding hydrogens is 344 g/mol. The summed E-state index contributed by atoms with van der Waals surface area (Å²) in [7, 11) is 1.71. The van der Waals surface area contributed by atoms with Crippen LogP contribution < -0.4 is 10.6 Å². The largest absolute Gasteiger partial charge is 0.379 e. The second kappa shape index (κ2) is 35.6. The molecule has 0 radical (unpaired) electrons. The maximum Gasteiger partial charge on any atom is 0.239 e. The van der Waals surface area contributed by atoms with Crippen LogP contribution in [0, 0.1) is 5.92 Å². The van der Waals surface area contributed by atoms with Crippen LogP contribution in [0.5, 0.6) is 0 Å². The summed E-state index contributed by atoms with van der Waals surface area (Å²) < 4.78 is 4.94. The summed E-state index contributed by atoms with van der Waals surface area (Å²) in [4.78, 5) is 30.6. The highest BCUT2D eigenvalue weighted by molar-refractivity contribution is 5.84. The van der Waals surface area contributed by atoms with Gasteiger partial charge in [-0.1, -0.05) is 62.3 Å². The van der Waals surface area contributed by atoms with Crippen LogP contribution in [0.4, 0.5) is 0 Å². The Kier molecular flexibility index (Phi) is 53.2. The van der Waals surface area contributed by atoms with Crippen molar-refractivity contribution in [2.24, 2.45) is 5.92 Å². The maximum absolute atomic E-state index is 10.6.